The van der Waals surface area contributed by atoms with E-state index in [1.807, 2.05) is 13.1 Å². The molecule has 0 spiro atoms. The highest BCUT2D eigenvalue weighted by Gasteiger charge is 2.42. The van der Waals surface area contributed by atoms with Crippen LogP contribution in [0.15, 0.2) is 24.4 Å². The Morgan fingerprint density at radius 2 is 2.22 bits per heavy atom. The maximum Gasteiger partial charge on any atom is 0.315 e. The molecule has 1 fully saturated rings. The van der Waals surface area contributed by atoms with E-state index in [1.54, 1.807) is 0 Å². The molecule has 1 aromatic carbocycles. The highest BCUT2D eigenvalue weighted by Crippen LogP contribution is 2.39. The first kappa shape index (κ1) is 15.9. The van der Waals surface area contributed by atoms with Gasteiger partial charge in [0.2, 0.25) is 0 Å². The Morgan fingerprint density at radius 3 is 2.91 bits per heavy atom. The van der Waals surface area contributed by atoms with E-state index in [1.165, 1.54) is 16.5 Å². The first-order valence-electron chi connectivity index (χ1n) is 8.25. The Morgan fingerprint density at radius 1 is 1.43 bits per heavy atom. The number of H-pyrrole nitrogens is 1. The van der Waals surface area contributed by atoms with Gasteiger partial charge in [0.15, 0.2) is 0 Å². The molecule has 1 unspecified atom stereocenters. The summed E-state index contributed by atoms with van der Waals surface area (Å²) < 4.78 is 0. The molecule has 23 heavy (non-hydrogen) atoms. The molecule has 0 radical (unpaired) electrons. The van der Waals surface area contributed by atoms with E-state index in [0.717, 1.165) is 24.8 Å². The molecule has 1 aliphatic carbocycles. The van der Waals surface area contributed by atoms with E-state index < -0.39 is 5.54 Å². The van der Waals surface area contributed by atoms with Crippen molar-refractivity contribution >= 4 is 16.9 Å². The number of carbonyl (C=O) groups excluding carboxylic acids is 1. The molecule has 1 aliphatic rings. The quantitative estimate of drug-likeness (QED) is 0.661. The number of aliphatic hydroxyl groups excluding tert-OH is 1. The van der Waals surface area contributed by atoms with Gasteiger partial charge in [-0.1, -0.05) is 12.1 Å². The van der Waals surface area contributed by atoms with Crippen LogP contribution in [0, 0.1) is 12.8 Å². The number of hydrogen-bond donors (Lipinski definition) is 4. The average Bonchev–Trinajstić information content (AvgIpc) is 3.31. The minimum Gasteiger partial charge on any atom is -0.394 e. The van der Waals surface area contributed by atoms with Gasteiger partial charge in [-0.3, -0.25) is 0 Å². The number of aryl methyl sites for hydroxylation is 1. The molecule has 0 saturated heterocycles. The Bertz CT molecular complexity index is 705. The standard InChI is InChI=1S/C18H25N3O2/c1-12-3-6-15-13(10-20-16(15)9-12)7-8-19-17(23)21-18(2,11-22)14-4-5-14/h3,6,9-10,14,20,22H,4-5,7-8,11H2,1-2H3,(H2,19,21,23). The topological polar surface area (TPSA) is 77.2 Å². The Kier molecular flexibility index (Phi) is 4.31. The zero-order valence-electron chi connectivity index (χ0n) is 13.8. The number of carbonyl (C=O) groups is 1. The summed E-state index contributed by atoms with van der Waals surface area (Å²) in [5, 5.41) is 16.5. The highest BCUT2D eigenvalue weighted by atomic mass is 16.3. The molecule has 5 heteroatoms. The zero-order valence-corrected chi connectivity index (χ0v) is 13.8. The number of aromatic amines is 1. The fraction of sp³-hybridized carbons (Fsp3) is 0.500. The van der Waals surface area contributed by atoms with Crippen molar-refractivity contribution in [1.82, 2.24) is 15.6 Å². The molecule has 0 bridgehead atoms. The molecular weight excluding hydrogens is 290 g/mol. The largest absolute Gasteiger partial charge is 0.394 e. The second-order valence-corrected chi connectivity index (χ2v) is 6.84. The van der Waals surface area contributed by atoms with Crippen LogP contribution in [-0.4, -0.2) is 34.8 Å². The maximum atomic E-state index is 12.0. The number of hydrogen-bond acceptors (Lipinski definition) is 2. The van der Waals surface area contributed by atoms with E-state index in [9.17, 15) is 9.90 Å². The minimum absolute atomic E-state index is 0.0209. The van der Waals surface area contributed by atoms with Gasteiger partial charge in [0.25, 0.3) is 0 Å². The van der Waals surface area contributed by atoms with Gasteiger partial charge in [-0.15, -0.1) is 0 Å². The van der Waals surface area contributed by atoms with Crippen LogP contribution in [0.4, 0.5) is 4.79 Å². The van der Waals surface area contributed by atoms with Crippen molar-refractivity contribution in [2.45, 2.75) is 38.6 Å². The highest BCUT2D eigenvalue weighted by molar-refractivity contribution is 5.84. The van der Waals surface area contributed by atoms with Gasteiger partial charge in [-0.2, -0.15) is 0 Å². The van der Waals surface area contributed by atoms with Crippen LogP contribution in [0.5, 0.6) is 0 Å². The summed E-state index contributed by atoms with van der Waals surface area (Å²) >= 11 is 0. The predicted molar refractivity (Wildman–Crippen MR) is 91.5 cm³/mol. The molecule has 5 nitrogen and oxygen atoms in total. The number of fused-ring (bicyclic) bond motifs is 1. The van der Waals surface area contributed by atoms with Crippen molar-refractivity contribution in [2.75, 3.05) is 13.2 Å². The number of urea groups is 1. The van der Waals surface area contributed by atoms with Crippen molar-refractivity contribution in [3.63, 3.8) is 0 Å². The fourth-order valence-corrected chi connectivity index (χ4v) is 3.11. The third-order valence-electron chi connectivity index (χ3n) is 4.81. The molecule has 1 saturated carbocycles. The van der Waals surface area contributed by atoms with Crippen LogP contribution in [-0.2, 0) is 6.42 Å². The lowest BCUT2D eigenvalue weighted by atomic mass is 9.97. The van der Waals surface area contributed by atoms with E-state index >= 15 is 0 Å². The third-order valence-corrected chi connectivity index (χ3v) is 4.81. The third kappa shape index (κ3) is 3.50. The van der Waals surface area contributed by atoms with Gasteiger partial charge in [0.05, 0.1) is 12.1 Å². The van der Waals surface area contributed by atoms with Crippen molar-refractivity contribution in [3.05, 3.63) is 35.5 Å². The van der Waals surface area contributed by atoms with Crippen LogP contribution < -0.4 is 10.6 Å². The SMILES string of the molecule is Cc1ccc2c(CCNC(=O)NC(C)(CO)C3CC3)c[nH]c2c1. The van der Waals surface area contributed by atoms with Gasteiger partial charge >= 0.3 is 6.03 Å². The van der Waals surface area contributed by atoms with Crippen LogP contribution >= 0.6 is 0 Å². The first-order chi connectivity index (χ1) is 11.0. The summed E-state index contributed by atoms with van der Waals surface area (Å²) in [4.78, 5) is 15.3. The molecule has 0 aliphatic heterocycles. The summed E-state index contributed by atoms with van der Waals surface area (Å²) in [6, 6.07) is 6.14. The summed E-state index contributed by atoms with van der Waals surface area (Å²) in [6.45, 7) is 4.53. The van der Waals surface area contributed by atoms with E-state index in [0.29, 0.717) is 12.5 Å². The Hall–Kier alpha value is -2.01. The molecule has 3 rings (SSSR count). The zero-order chi connectivity index (χ0) is 16.4. The van der Waals surface area contributed by atoms with Gasteiger partial charge in [-0.25, -0.2) is 4.79 Å². The second-order valence-electron chi connectivity index (χ2n) is 6.84. The number of benzene rings is 1. The lowest BCUT2D eigenvalue weighted by Gasteiger charge is -2.28. The van der Waals surface area contributed by atoms with Crippen LogP contribution in [0.25, 0.3) is 10.9 Å². The predicted octanol–water partition coefficient (Wildman–Crippen LogP) is 2.48. The van der Waals surface area contributed by atoms with E-state index in [4.69, 9.17) is 0 Å². The van der Waals surface area contributed by atoms with Crippen LogP contribution in [0.1, 0.15) is 30.9 Å². The summed E-state index contributed by atoms with van der Waals surface area (Å²) in [5.41, 5.74) is 3.06. The summed E-state index contributed by atoms with van der Waals surface area (Å²) in [6.07, 6.45) is 4.93. The molecular formula is C18H25N3O2. The van der Waals surface area contributed by atoms with Gasteiger partial charge in [0, 0.05) is 23.6 Å². The van der Waals surface area contributed by atoms with E-state index in [2.05, 4.69) is 40.7 Å². The Labute approximate surface area is 136 Å². The first-order valence-corrected chi connectivity index (χ1v) is 8.25. The maximum absolute atomic E-state index is 12.0. The fourth-order valence-electron chi connectivity index (χ4n) is 3.11. The van der Waals surface area contributed by atoms with Gasteiger partial charge in [-0.05, 0) is 56.2 Å². The molecule has 1 heterocycles. The van der Waals surface area contributed by atoms with Gasteiger partial charge < -0.3 is 20.7 Å². The van der Waals surface area contributed by atoms with Crippen molar-refractivity contribution in [1.29, 1.82) is 0 Å². The molecule has 124 valence electrons. The van der Waals surface area contributed by atoms with E-state index in [-0.39, 0.29) is 12.6 Å². The minimum atomic E-state index is -0.498. The van der Waals surface area contributed by atoms with Crippen LogP contribution in [0.2, 0.25) is 0 Å². The molecule has 2 amide bonds. The lowest BCUT2D eigenvalue weighted by Crippen LogP contribution is -2.54. The van der Waals surface area contributed by atoms with Crippen molar-refractivity contribution in [2.24, 2.45) is 5.92 Å². The smallest absolute Gasteiger partial charge is 0.315 e. The molecule has 1 aromatic heterocycles. The summed E-state index contributed by atoms with van der Waals surface area (Å²) in [5.74, 6) is 0.398. The van der Waals surface area contributed by atoms with Crippen LogP contribution in [0.3, 0.4) is 0 Å². The Balaban J connectivity index is 1.53. The molecule has 2 aromatic rings. The number of rotatable bonds is 6. The number of nitrogens with one attached hydrogen (secondary N) is 3. The number of amides is 2. The number of aromatic nitrogens is 1. The molecule has 1 atom stereocenters. The average molecular weight is 315 g/mol. The summed E-state index contributed by atoms with van der Waals surface area (Å²) in [7, 11) is 0. The normalized spacial score (nSPS) is 17.0. The van der Waals surface area contributed by atoms with Crippen molar-refractivity contribution < 1.29 is 9.90 Å². The second kappa shape index (κ2) is 6.24. The monoisotopic (exact) mass is 315 g/mol. The van der Waals surface area contributed by atoms with Crippen molar-refractivity contribution in [3.8, 4) is 0 Å². The lowest BCUT2D eigenvalue weighted by molar-refractivity contribution is 0.155. The van der Waals surface area contributed by atoms with Gasteiger partial charge in [0.1, 0.15) is 0 Å². The molecule has 4 N–H and O–H groups in total. The number of aliphatic hydroxyl groups is 1.